The van der Waals surface area contributed by atoms with E-state index in [4.69, 9.17) is 27.6 Å². The standard InChI is InChI=1S/C20H18Cl2N6O2/c1-12-7-13(2)28(25-12)10-16-5-6-18(30-16)19(29)24-20-23-11-27(26-20)9-14-3-4-15(21)8-17(14)22/h3-8,11H,9-10H2,1-2H3,(H,24,26,29). The molecule has 4 aromatic rings. The maximum atomic E-state index is 12.5. The van der Waals surface area contributed by atoms with E-state index in [-0.39, 0.29) is 11.7 Å². The summed E-state index contributed by atoms with van der Waals surface area (Å²) >= 11 is 12.1. The van der Waals surface area contributed by atoms with Gasteiger partial charge in [0.25, 0.3) is 5.91 Å². The fraction of sp³-hybridized carbons (Fsp3) is 0.200. The Bertz CT molecular complexity index is 1210. The number of amides is 1. The molecule has 0 atom stereocenters. The van der Waals surface area contributed by atoms with Crippen LogP contribution in [-0.2, 0) is 13.1 Å². The van der Waals surface area contributed by atoms with Gasteiger partial charge in [0, 0.05) is 15.7 Å². The zero-order chi connectivity index (χ0) is 21.3. The van der Waals surface area contributed by atoms with Crippen molar-refractivity contribution in [3.63, 3.8) is 0 Å². The van der Waals surface area contributed by atoms with Gasteiger partial charge in [0.2, 0.25) is 5.95 Å². The largest absolute Gasteiger partial charge is 0.454 e. The van der Waals surface area contributed by atoms with Gasteiger partial charge in [0.05, 0.1) is 18.8 Å². The molecule has 3 aromatic heterocycles. The second-order valence-corrected chi connectivity index (χ2v) is 7.65. The van der Waals surface area contributed by atoms with E-state index in [9.17, 15) is 4.79 Å². The summed E-state index contributed by atoms with van der Waals surface area (Å²) in [7, 11) is 0. The van der Waals surface area contributed by atoms with Crippen molar-refractivity contribution < 1.29 is 9.21 Å². The van der Waals surface area contributed by atoms with Crippen molar-refractivity contribution in [3.05, 3.63) is 81.2 Å². The molecule has 0 aliphatic carbocycles. The molecule has 0 bridgehead atoms. The maximum absolute atomic E-state index is 12.5. The summed E-state index contributed by atoms with van der Waals surface area (Å²) in [6, 6.07) is 10.6. The average Bonchev–Trinajstić information content (AvgIpc) is 3.39. The van der Waals surface area contributed by atoms with Crippen LogP contribution in [0, 0.1) is 13.8 Å². The third-order valence-corrected chi connectivity index (χ3v) is 4.99. The Morgan fingerprint density at radius 3 is 2.67 bits per heavy atom. The molecular weight excluding hydrogens is 427 g/mol. The van der Waals surface area contributed by atoms with E-state index in [2.05, 4.69) is 20.5 Å². The van der Waals surface area contributed by atoms with Gasteiger partial charge in [0.15, 0.2) is 5.76 Å². The van der Waals surface area contributed by atoms with E-state index in [1.807, 2.05) is 30.7 Å². The highest BCUT2D eigenvalue weighted by molar-refractivity contribution is 6.35. The summed E-state index contributed by atoms with van der Waals surface area (Å²) in [4.78, 5) is 16.6. The Morgan fingerprint density at radius 1 is 1.10 bits per heavy atom. The number of carbonyl (C=O) groups is 1. The third kappa shape index (κ3) is 4.55. The van der Waals surface area contributed by atoms with Crippen LogP contribution in [0.15, 0.2) is 47.1 Å². The summed E-state index contributed by atoms with van der Waals surface area (Å²) < 4.78 is 9.04. The van der Waals surface area contributed by atoms with Gasteiger partial charge >= 0.3 is 0 Å². The normalized spacial score (nSPS) is 11.1. The number of nitrogens with one attached hydrogen (secondary N) is 1. The van der Waals surface area contributed by atoms with Crippen LogP contribution >= 0.6 is 23.2 Å². The molecule has 0 saturated heterocycles. The first-order valence-electron chi connectivity index (χ1n) is 9.12. The average molecular weight is 445 g/mol. The molecule has 1 aromatic carbocycles. The minimum absolute atomic E-state index is 0.168. The van der Waals surface area contributed by atoms with Crippen LogP contribution in [0.4, 0.5) is 5.95 Å². The fourth-order valence-electron chi connectivity index (χ4n) is 2.98. The van der Waals surface area contributed by atoms with Gasteiger partial charge in [-0.15, -0.1) is 5.10 Å². The van der Waals surface area contributed by atoms with Gasteiger partial charge in [-0.2, -0.15) is 5.10 Å². The first-order chi connectivity index (χ1) is 14.4. The number of hydrogen-bond donors (Lipinski definition) is 1. The molecule has 10 heteroatoms. The molecular formula is C20H18Cl2N6O2. The minimum atomic E-state index is -0.433. The molecule has 30 heavy (non-hydrogen) atoms. The Kier molecular flexibility index (Phi) is 5.61. The number of nitrogens with zero attached hydrogens (tertiary/aromatic N) is 5. The minimum Gasteiger partial charge on any atom is -0.454 e. The van der Waals surface area contributed by atoms with Gasteiger partial charge in [-0.3, -0.25) is 14.8 Å². The molecule has 154 valence electrons. The quantitative estimate of drug-likeness (QED) is 0.477. The number of aromatic nitrogens is 5. The number of carbonyl (C=O) groups excluding carboxylic acids is 1. The third-order valence-electron chi connectivity index (χ3n) is 4.40. The summed E-state index contributed by atoms with van der Waals surface area (Å²) in [6.07, 6.45) is 1.51. The lowest BCUT2D eigenvalue weighted by molar-refractivity contribution is 0.0993. The van der Waals surface area contributed by atoms with Gasteiger partial charge in [-0.25, -0.2) is 9.67 Å². The Balaban J connectivity index is 1.40. The number of aryl methyl sites for hydroxylation is 2. The number of anilines is 1. The predicted molar refractivity (Wildman–Crippen MR) is 113 cm³/mol. The van der Waals surface area contributed by atoms with Gasteiger partial charge < -0.3 is 4.42 Å². The van der Waals surface area contributed by atoms with E-state index in [1.165, 1.54) is 6.33 Å². The molecule has 0 fully saturated rings. The monoisotopic (exact) mass is 444 g/mol. The first-order valence-corrected chi connectivity index (χ1v) is 9.87. The van der Waals surface area contributed by atoms with Gasteiger partial charge in [0.1, 0.15) is 12.1 Å². The van der Waals surface area contributed by atoms with Crippen molar-refractivity contribution in [1.82, 2.24) is 24.5 Å². The molecule has 8 nitrogen and oxygen atoms in total. The summed E-state index contributed by atoms with van der Waals surface area (Å²) in [5.74, 6) is 0.532. The lowest BCUT2D eigenvalue weighted by Crippen LogP contribution is -2.13. The zero-order valence-corrected chi connectivity index (χ0v) is 17.8. The Labute approximate surface area is 182 Å². The van der Waals surface area contributed by atoms with Crippen LogP contribution in [0.5, 0.6) is 0 Å². The second kappa shape index (κ2) is 8.33. The number of hydrogen-bond acceptors (Lipinski definition) is 5. The van der Waals surface area contributed by atoms with Crippen LogP contribution in [0.3, 0.4) is 0 Å². The molecule has 0 radical (unpaired) electrons. The summed E-state index contributed by atoms with van der Waals surface area (Å²) in [5, 5.41) is 12.4. The molecule has 1 N–H and O–H groups in total. The van der Waals surface area contributed by atoms with Crippen molar-refractivity contribution in [3.8, 4) is 0 Å². The predicted octanol–water partition coefficient (Wildman–Crippen LogP) is 4.34. The van der Waals surface area contributed by atoms with Crippen molar-refractivity contribution in [2.75, 3.05) is 5.32 Å². The van der Waals surface area contributed by atoms with Crippen LogP contribution < -0.4 is 5.32 Å². The van der Waals surface area contributed by atoms with E-state index in [0.717, 1.165) is 17.0 Å². The molecule has 1 amide bonds. The van der Waals surface area contributed by atoms with Crippen molar-refractivity contribution in [1.29, 1.82) is 0 Å². The molecule has 0 spiro atoms. The molecule has 3 heterocycles. The van der Waals surface area contributed by atoms with Crippen molar-refractivity contribution >= 4 is 35.1 Å². The Morgan fingerprint density at radius 2 is 1.93 bits per heavy atom. The number of rotatable bonds is 6. The smallest absolute Gasteiger partial charge is 0.293 e. The van der Waals surface area contributed by atoms with Crippen LogP contribution in [0.2, 0.25) is 10.0 Å². The van der Waals surface area contributed by atoms with Gasteiger partial charge in [-0.1, -0.05) is 29.3 Å². The van der Waals surface area contributed by atoms with E-state index >= 15 is 0 Å². The highest BCUT2D eigenvalue weighted by Gasteiger charge is 2.15. The van der Waals surface area contributed by atoms with Crippen molar-refractivity contribution in [2.45, 2.75) is 26.9 Å². The van der Waals surface area contributed by atoms with Crippen LogP contribution in [-0.4, -0.2) is 30.5 Å². The number of furan rings is 1. The summed E-state index contributed by atoms with van der Waals surface area (Å²) in [5.41, 5.74) is 2.78. The molecule has 4 rings (SSSR count). The zero-order valence-electron chi connectivity index (χ0n) is 16.3. The Hall–Kier alpha value is -3.10. The topological polar surface area (TPSA) is 90.8 Å². The van der Waals surface area contributed by atoms with Crippen molar-refractivity contribution in [2.24, 2.45) is 0 Å². The second-order valence-electron chi connectivity index (χ2n) is 6.81. The lowest BCUT2D eigenvalue weighted by atomic mass is 10.2. The lowest BCUT2D eigenvalue weighted by Gasteiger charge is -2.04. The molecule has 0 aliphatic heterocycles. The molecule has 0 aliphatic rings. The van der Waals surface area contributed by atoms with E-state index < -0.39 is 5.91 Å². The summed E-state index contributed by atoms with van der Waals surface area (Å²) in [6.45, 7) is 4.74. The maximum Gasteiger partial charge on any atom is 0.293 e. The van der Waals surface area contributed by atoms with Gasteiger partial charge in [-0.05, 0) is 49.7 Å². The fourth-order valence-corrected chi connectivity index (χ4v) is 3.45. The van der Waals surface area contributed by atoms with Crippen LogP contribution in [0.1, 0.15) is 33.3 Å². The number of benzene rings is 1. The number of halogens is 2. The first kappa shape index (κ1) is 20.2. The van der Waals surface area contributed by atoms with Crippen LogP contribution in [0.25, 0.3) is 0 Å². The highest BCUT2D eigenvalue weighted by Crippen LogP contribution is 2.21. The van der Waals surface area contributed by atoms with E-state index in [1.54, 1.807) is 28.9 Å². The molecule has 0 saturated carbocycles. The SMILES string of the molecule is Cc1cc(C)n(Cc2ccc(C(=O)Nc3ncn(Cc4ccc(Cl)cc4Cl)n3)o2)n1. The van der Waals surface area contributed by atoms with E-state index in [0.29, 0.717) is 28.9 Å². The molecule has 0 unspecified atom stereocenters. The highest BCUT2D eigenvalue weighted by atomic mass is 35.5.